The molecule has 0 atom stereocenters. The van der Waals surface area contributed by atoms with Crippen LogP contribution in [0.15, 0.2) is 36.7 Å². The van der Waals surface area contributed by atoms with Crippen LogP contribution in [0.25, 0.3) is 11.3 Å². The summed E-state index contributed by atoms with van der Waals surface area (Å²) in [6.45, 7) is 5.74. The van der Waals surface area contributed by atoms with Crippen molar-refractivity contribution in [2.45, 2.75) is 39.2 Å². The Morgan fingerprint density at radius 2 is 1.97 bits per heavy atom. The van der Waals surface area contributed by atoms with Gasteiger partial charge >= 0.3 is 6.09 Å². The maximum Gasteiger partial charge on any atom is 0.407 e. The van der Waals surface area contributed by atoms with Gasteiger partial charge in [0, 0.05) is 30.3 Å². The molecular formula is C21H26F2N4O2. The van der Waals surface area contributed by atoms with Crippen molar-refractivity contribution in [2.24, 2.45) is 5.92 Å². The van der Waals surface area contributed by atoms with Gasteiger partial charge in [-0.25, -0.2) is 18.6 Å². The van der Waals surface area contributed by atoms with Crippen molar-refractivity contribution in [3.05, 3.63) is 42.2 Å². The number of nitrogens with zero attached hydrogens (tertiary/aromatic N) is 3. The number of alkyl halides is 2. The number of anilines is 1. The minimum atomic E-state index is -2.58. The molecule has 1 aromatic heterocycles. The molecule has 156 valence electrons. The van der Waals surface area contributed by atoms with E-state index in [1.165, 1.54) is 12.3 Å². The topological polar surface area (TPSA) is 67.3 Å². The standard InChI is InChI=1S/C21H26F2N4O2/c1-14(2)13-29-21(28)25-15-7-9-27(10-8-15)19-12-24-11-18(26-19)16-5-3-4-6-17(16)20(22)23/h3-6,11-12,14-15,20H,7-10,13H2,1-2H3,(H,25,28). The van der Waals surface area contributed by atoms with Gasteiger partial charge in [0.25, 0.3) is 6.43 Å². The lowest BCUT2D eigenvalue weighted by atomic mass is 10.0. The van der Waals surface area contributed by atoms with Crippen LogP contribution in [0.1, 0.15) is 38.7 Å². The summed E-state index contributed by atoms with van der Waals surface area (Å²) in [6, 6.07) is 6.39. The zero-order valence-corrected chi connectivity index (χ0v) is 16.6. The quantitative estimate of drug-likeness (QED) is 0.771. The molecule has 0 saturated carbocycles. The number of carbonyl (C=O) groups is 1. The van der Waals surface area contributed by atoms with E-state index in [1.54, 1.807) is 24.4 Å². The first-order valence-corrected chi connectivity index (χ1v) is 9.81. The summed E-state index contributed by atoms with van der Waals surface area (Å²) in [7, 11) is 0. The van der Waals surface area contributed by atoms with E-state index in [0.29, 0.717) is 42.7 Å². The highest BCUT2D eigenvalue weighted by Gasteiger charge is 2.23. The van der Waals surface area contributed by atoms with E-state index >= 15 is 0 Å². The molecule has 1 saturated heterocycles. The fraction of sp³-hybridized carbons (Fsp3) is 0.476. The molecule has 1 aliphatic rings. The Kier molecular flexibility index (Phi) is 6.95. The molecule has 6 nitrogen and oxygen atoms in total. The van der Waals surface area contributed by atoms with Crippen LogP contribution >= 0.6 is 0 Å². The first-order chi connectivity index (χ1) is 13.9. The van der Waals surface area contributed by atoms with Gasteiger partial charge < -0.3 is 15.0 Å². The Morgan fingerprint density at radius 3 is 2.66 bits per heavy atom. The molecule has 1 N–H and O–H groups in total. The third-order valence-corrected chi connectivity index (χ3v) is 4.78. The highest BCUT2D eigenvalue weighted by Crippen LogP contribution is 2.30. The smallest absolute Gasteiger partial charge is 0.407 e. The zero-order valence-electron chi connectivity index (χ0n) is 16.6. The first kappa shape index (κ1) is 21.0. The summed E-state index contributed by atoms with van der Waals surface area (Å²) in [6.07, 6.45) is 1.67. The summed E-state index contributed by atoms with van der Waals surface area (Å²) >= 11 is 0. The van der Waals surface area contributed by atoms with Gasteiger partial charge in [-0.2, -0.15) is 0 Å². The number of halogens is 2. The second-order valence-corrected chi connectivity index (χ2v) is 7.55. The lowest BCUT2D eigenvalue weighted by Crippen LogP contribution is -2.45. The summed E-state index contributed by atoms with van der Waals surface area (Å²) < 4.78 is 31.8. The predicted octanol–water partition coefficient (Wildman–Crippen LogP) is 4.43. The zero-order chi connectivity index (χ0) is 20.8. The Balaban J connectivity index is 1.62. The van der Waals surface area contributed by atoms with Gasteiger partial charge in [0.15, 0.2) is 0 Å². The van der Waals surface area contributed by atoms with Crippen LogP contribution in [-0.4, -0.2) is 41.8 Å². The van der Waals surface area contributed by atoms with E-state index < -0.39 is 6.43 Å². The molecule has 1 fully saturated rings. The van der Waals surface area contributed by atoms with Gasteiger partial charge in [0.2, 0.25) is 0 Å². The number of hydrogen-bond donors (Lipinski definition) is 1. The molecule has 8 heteroatoms. The average molecular weight is 404 g/mol. The Hall–Kier alpha value is -2.77. The van der Waals surface area contributed by atoms with E-state index in [4.69, 9.17) is 4.74 Å². The summed E-state index contributed by atoms with van der Waals surface area (Å²) in [5.74, 6) is 0.941. The number of benzene rings is 1. The number of aromatic nitrogens is 2. The molecule has 0 bridgehead atoms. The fourth-order valence-electron chi connectivity index (χ4n) is 3.26. The van der Waals surface area contributed by atoms with E-state index in [2.05, 4.69) is 20.2 Å². The van der Waals surface area contributed by atoms with Crippen LogP contribution < -0.4 is 10.2 Å². The second-order valence-electron chi connectivity index (χ2n) is 7.55. The molecule has 2 heterocycles. The number of amides is 1. The summed E-state index contributed by atoms with van der Waals surface area (Å²) in [5.41, 5.74) is 0.763. The normalized spacial score (nSPS) is 15.0. The Bertz CT molecular complexity index is 824. The van der Waals surface area contributed by atoms with Crippen LogP contribution in [0.2, 0.25) is 0 Å². The Morgan fingerprint density at radius 1 is 1.24 bits per heavy atom. The number of carbonyl (C=O) groups excluding carboxylic acids is 1. The fourth-order valence-corrected chi connectivity index (χ4v) is 3.26. The number of hydrogen-bond acceptors (Lipinski definition) is 5. The van der Waals surface area contributed by atoms with Gasteiger partial charge in [-0.3, -0.25) is 4.98 Å². The van der Waals surface area contributed by atoms with Gasteiger partial charge in [-0.05, 0) is 18.8 Å². The molecule has 1 aromatic carbocycles. The summed E-state index contributed by atoms with van der Waals surface area (Å²) in [5, 5.41) is 2.90. The highest BCUT2D eigenvalue weighted by atomic mass is 19.3. The van der Waals surface area contributed by atoms with E-state index in [1.807, 2.05) is 13.8 Å². The van der Waals surface area contributed by atoms with Gasteiger partial charge in [-0.15, -0.1) is 0 Å². The maximum atomic E-state index is 13.3. The molecular weight excluding hydrogens is 378 g/mol. The van der Waals surface area contributed by atoms with Crippen molar-refractivity contribution < 1.29 is 18.3 Å². The molecule has 1 amide bonds. The summed E-state index contributed by atoms with van der Waals surface area (Å²) in [4.78, 5) is 22.6. The third kappa shape index (κ3) is 5.62. The van der Waals surface area contributed by atoms with E-state index in [-0.39, 0.29) is 17.7 Å². The molecule has 3 rings (SSSR count). The predicted molar refractivity (Wildman–Crippen MR) is 107 cm³/mol. The van der Waals surface area contributed by atoms with E-state index in [9.17, 15) is 13.6 Å². The monoisotopic (exact) mass is 404 g/mol. The largest absolute Gasteiger partial charge is 0.449 e. The lowest BCUT2D eigenvalue weighted by molar-refractivity contribution is 0.127. The van der Waals surface area contributed by atoms with Crippen LogP contribution in [0.5, 0.6) is 0 Å². The molecule has 0 radical (unpaired) electrons. The van der Waals surface area contributed by atoms with Crippen LogP contribution in [0, 0.1) is 5.92 Å². The van der Waals surface area contributed by atoms with Crippen LogP contribution in [0.4, 0.5) is 19.4 Å². The second kappa shape index (κ2) is 9.62. The van der Waals surface area contributed by atoms with Crippen LogP contribution in [0.3, 0.4) is 0 Å². The molecule has 0 spiro atoms. The number of alkyl carbamates (subject to hydrolysis) is 1. The number of rotatable bonds is 6. The number of piperidine rings is 1. The van der Waals surface area contributed by atoms with Crippen LogP contribution in [-0.2, 0) is 4.74 Å². The number of ether oxygens (including phenoxy) is 1. The van der Waals surface area contributed by atoms with Crippen molar-refractivity contribution in [3.8, 4) is 11.3 Å². The minimum Gasteiger partial charge on any atom is -0.449 e. The SMILES string of the molecule is CC(C)COC(=O)NC1CCN(c2cncc(-c3ccccc3C(F)F)n2)CC1. The molecule has 0 aliphatic carbocycles. The average Bonchev–Trinajstić information content (AvgIpc) is 2.73. The van der Waals surface area contributed by atoms with Crippen molar-refractivity contribution in [1.29, 1.82) is 0 Å². The minimum absolute atomic E-state index is 0.0432. The first-order valence-electron chi connectivity index (χ1n) is 9.81. The highest BCUT2D eigenvalue weighted by molar-refractivity contribution is 5.67. The van der Waals surface area contributed by atoms with Gasteiger partial charge in [-0.1, -0.05) is 38.1 Å². The van der Waals surface area contributed by atoms with Gasteiger partial charge in [0.05, 0.1) is 24.7 Å². The van der Waals surface area contributed by atoms with E-state index in [0.717, 1.165) is 12.8 Å². The van der Waals surface area contributed by atoms with Gasteiger partial charge in [0.1, 0.15) is 5.82 Å². The van der Waals surface area contributed by atoms with Crippen molar-refractivity contribution >= 4 is 11.9 Å². The maximum absolute atomic E-state index is 13.3. The Labute approximate surface area is 169 Å². The molecule has 0 unspecified atom stereocenters. The molecule has 29 heavy (non-hydrogen) atoms. The lowest BCUT2D eigenvalue weighted by Gasteiger charge is -2.33. The molecule has 1 aliphatic heterocycles. The third-order valence-electron chi connectivity index (χ3n) is 4.78. The molecule has 2 aromatic rings. The number of nitrogens with one attached hydrogen (secondary N) is 1. The van der Waals surface area contributed by atoms with Crippen molar-refractivity contribution in [1.82, 2.24) is 15.3 Å². The van der Waals surface area contributed by atoms with Crippen molar-refractivity contribution in [2.75, 3.05) is 24.6 Å². The van der Waals surface area contributed by atoms with Crippen molar-refractivity contribution in [3.63, 3.8) is 0 Å².